The molecular weight excluding hydrogens is 382 g/mol. The largest absolute Gasteiger partial charge is 0.477 e. The van der Waals surface area contributed by atoms with Gasteiger partial charge in [-0.25, -0.2) is 13.2 Å². The molecule has 1 aliphatic rings. The molecule has 1 aromatic carbocycles. The van der Waals surface area contributed by atoms with Crippen LogP contribution in [0.15, 0.2) is 40.6 Å². The summed E-state index contributed by atoms with van der Waals surface area (Å²) in [6.45, 7) is 6.23. The summed E-state index contributed by atoms with van der Waals surface area (Å²) in [5.74, 6) is -0.637. The van der Waals surface area contributed by atoms with Gasteiger partial charge >= 0.3 is 5.97 Å². The van der Waals surface area contributed by atoms with Crippen LogP contribution < -0.4 is 4.72 Å². The van der Waals surface area contributed by atoms with E-state index < -0.39 is 16.0 Å². The molecule has 144 valence electrons. The highest BCUT2D eigenvalue weighted by Gasteiger charge is 2.24. The van der Waals surface area contributed by atoms with Gasteiger partial charge in [0, 0.05) is 0 Å². The van der Waals surface area contributed by atoms with Gasteiger partial charge in [-0.15, -0.1) is 11.3 Å². The van der Waals surface area contributed by atoms with Crippen molar-refractivity contribution in [3.05, 3.63) is 51.7 Å². The second-order valence-electron chi connectivity index (χ2n) is 7.77. The molecule has 0 atom stereocenters. The first kappa shape index (κ1) is 19.6. The standard InChI is InChI=1S/C20H23NO4S2/c1-20(2,3)15-8-9-17(14(12-15)7-6-13-4-5-13)27(24,25)21-16-10-11-26-18(16)19(22)23/h6-13,21H,4-5H2,1-3H3,(H,22,23)/b7-6+. The molecule has 3 rings (SSSR count). The molecule has 0 radical (unpaired) electrons. The average Bonchev–Trinajstić information content (AvgIpc) is 3.29. The molecule has 1 heterocycles. The van der Waals surface area contributed by atoms with Crippen LogP contribution in [0.4, 0.5) is 5.69 Å². The number of nitrogens with one attached hydrogen (secondary N) is 1. The number of anilines is 1. The van der Waals surface area contributed by atoms with Gasteiger partial charge in [0.2, 0.25) is 0 Å². The first-order chi connectivity index (χ1) is 12.6. The fourth-order valence-corrected chi connectivity index (χ4v) is 4.68. The van der Waals surface area contributed by atoms with Crippen LogP contribution >= 0.6 is 11.3 Å². The Bertz CT molecular complexity index is 993. The summed E-state index contributed by atoms with van der Waals surface area (Å²) in [4.78, 5) is 11.4. The summed E-state index contributed by atoms with van der Waals surface area (Å²) >= 11 is 0.986. The SMILES string of the molecule is CC(C)(C)c1ccc(S(=O)(=O)Nc2ccsc2C(=O)O)c(/C=C/C2CC2)c1. The lowest BCUT2D eigenvalue weighted by Crippen LogP contribution is -2.17. The molecule has 1 aliphatic carbocycles. The number of carboxylic acid groups (broad SMARTS) is 1. The number of rotatable bonds is 6. The minimum atomic E-state index is -3.92. The molecule has 0 amide bonds. The van der Waals surface area contributed by atoms with Crippen molar-refractivity contribution >= 4 is 39.1 Å². The fourth-order valence-electron chi connectivity index (χ4n) is 2.67. The molecule has 0 spiro atoms. The monoisotopic (exact) mass is 405 g/mol. The van der Waals surface area contributed by atoms with Gasteiger partial charge in [-0.05, 0) is 58.9 Å². The van der Waals surface area contributed by atoms with E-state index in [0.29, 0.717) is 11.5 Å². The summed E-state index contributed by atoms with van der Waals surface area (Å²) in [5, 5.41) is 10.8. The van der Waals surface area contributed by atoms with Gasteiger partial charge in [-0.3, -0.25) is 4.72 Å². The third kappa shape index (κ3) is 4.59. The number of thiophene rings is 1. The fraction of sp³-hybridized carbons (Fsp3) is 0.350. The Balaban J connectivity index is 2.02. The molecule has 0 unspecified atom stereocenters. The van der Waals surface area contributed by atoms with Crippen LogP contribution in [-0.2, 0) is 15.4 Å². The smallest absolute Gasteiger partial charge is 0.348 e. The highest BCUT2D eigenvalue weighted by Crippen LogP contribution is 2.33. The van der Waals surface area contributed by atoms with Crippen molar-refractivity contribution < 1.29 is 18.3 Å². The molecule has 1 saturated carbocycles. The molecule has 5 nitrogen and oxygen atoms in total. The Morgan fingerprint density at radius 2 is 1.96 bits per heavy atom. The lowest BCUT2D eigenvalue weighted by Gasteiger charge is -2.21. The third-order valence-corrected chi connectivity index (χ3v) is 6.78. The number of aromatic carboxylic acids is 1. The van der Waals surface area contributed by atoms with Gasteiger partial charge in [0.1, 0.15) is 4.88 Å². The average molecular weight is 406 g/mol. The number of hydrogen-bond acceptors (Lipinski definition) is 4. The minimum absolute atomic E-state index is 0.0278. The quantitative estimate of drug-likeness (QED) is 0.711. The van der Waals surface area contributed by atoms with Gasteiger partial charge in [0.25, 0.3) is 10.0 Å². The van der Waals surface area contributed by atoms with Gasteiger partial charge in [0.15, 0.2) is 0 Å². The van der Waals surface area contributed by atoms with Crippen molar-refractivity contribution in [2.45, 2.75) is 43.9 Å². The number of benzene rings is 1. The highest BCUT2D eigenvalue weighted by molar-refractivity contribution is 7.92. The number of sulfonamides is 1. The maximum absolute atomic E-state index is 13.0. The van der Waals surface area contributed by atoms with Gasteiger partial charge in [-0.1, -0.05) is 39.0 Å². The molecule has 1 fully saturated rings. The number of hydrogen-bond donors (Lipinski definition) is 2. The van der Waals surface area contributed by atoms with E-state index in [9.17, 15) is 18.3 Å². The van der Waals surface area contributed by atoms with Crippen molar-refractivity contribution in [3.63, 3.8) is 0 Å². The number of carboxylic acids is 1. The normalized spacial score (nSPS) is 15.2. The van der Waals surface area contributed by atoms with E-state index in [0.717, 1.165) is 29.7 Å². The predicted octanol–water partition coefficient (Wildman–Crippen LogP) is 4.97. The molecular formula is C20H23NO4S2. The van der Waals surface area contributed by atoms with E-state index >= 15 is 0 Å². The van der Waals surface area contributed by atoms with Crippen LogP contribution in [0.5, 0.6) is 0 Å². The maximum Gasteiger partial charge on any atom is 0.348 e. The Morgan fingerprint density at radius 1 is 1.26 bits per heavy atom. The zero-order valence-electron chi connectivity index (χ0n) is 15.5. The highest BCUT2D eigenvalue weighted by atomic mass is 32.2. The molecule has 7 heteroatoms. The van der Waals surface area contributed by atoms with Crippen LogP contribution in [0, 0.1) is 5.92 Å². The Hall–Kier alpha value is -2.12. The van der Waals surface area contributed by atoms with Gasteiger partial charge in [0.05, 0.1) is 10.6 Å². The molecule has 0 aliphatic heterocycles. The van der Waals surface area contributed by atoms with Crippen molar-refractivity contribution in [3.8, 4) is 0 Å². The van der Waals surface area contributed by atoms with Crippen LogP contribution in [0.3, 0.4) is 0 Å². The van der Waals surface area contributed by atoms with Gasteiger partial charge < -0.3 is 5.11 Å². The van der Waals surface area contributed by atoms with E-state index in [-0.39, 0.29) is 20.9 Å². The van der Waals surface area contributed by atoms with E-state index in [1.165, 1.54) is 6.07 Å². The summed E-state index contributed by atoms with van der Waals surface area (Å²) in [6, 6.07) is 6.78. The zero-order valence-corrected chi connectivity index (χ0v) is 17.2. The van der Waals surface area contributed by atoms with E-state index in [4.69, 9.17) is 0 Å². The Labute approximate surface area is 163 Å². The first-order valence-electron chi connectivity index (χ1n) is 8.74. The van der Waals surface area contributed by atoms with E-state index in [1.807, 2.05) is 24.3 Å². The lowest BCUT2D eigenvalue weighted by atomic mass is 9.86. The summed E-state index contributed by atoms with van der Waals surface area (Å²) < 4.78 is 28.4. The molecule has 1 aromatic heterocycles. The van der Waals surface area contributed by atoms with Crippen LogP contribution in [0.25, 0.3) is 6.08 Å². The molecule has 0 saturated heterocycles. The minimum Gasteiger partial charge on any atom is -0.477 e. The Kier molecular flexibility index (Phi) is 5.18. The first-order valence-corrected chi connectivity index (χ1v) is 11.1. The molecule has 2 N–H and O–H groups in total. The topological polar surface area (TPSA) is 83.5 Å². The zero-order chi connectivity index (χ0) is 19.8. The van der Waals surface area contributed by atoms with Crippen LogP contribution in [0.1, 0.15) is 54.4 Å². The van der Waals surface area contributed by atoms with Gasteiger partial charge in [-0.2, -0.15) is 0 Å². The Morgan fingerprint density at radius 3 is 2.56 bits per heavy atom. The summed E-state index contributed by atoms with van der Waals surface area (Å²) in [6.07, 6.45) is 6.18. The maximum atomic E-state index is 13.0. The molecule has 0 bridgehead atoms. The van der Waals surface area contributed by atoms with E-state index in [2.05, 4.69) is 25.5 Å². The lowest BCUT2D eigenvalue weighted by molar-refractivity contribution is 0.0703. The van der Waals surface area contributed by atoms with Crippen molar-refractivity contribution in [1.29, 1.82) is 0 Å². The van der Waals surface area contributed by atoms with Crippen LogP contribution in [0.2, 0.25) is 0 Å². The summed E-state index contributed by atoms with van der Waals surface area (Å²) in [5.41, 5.74) is 1.64. The number of carbonyl (C=O) groups is 1. The second-order valence-corrected chi connectivity index (χ2v) is 10.3. The molecule has 2 aromatic rings. The van der Waals surface area contributed by atoms with E-state index in [1.54, 1.807) is 11.4 Å². The molecule has 27 heavy (non-hydrogen) atoms. The van der Waals surface area contributed by atoms with Crippen molar-refractivity contribution in [2.24, 2.45) is 5.92 Å². The van der Waals surface area contributed by atoms with Crippen molar-refractivity contribution in [1.82, 2.24) is 0 Å². The summed E-state index contributed by atoms with van der Waals surface area (Å²) in [7, 11) is -3.92. The number of allylic oxidation sites excluding steroid dienone is 1. The second kappa shape index (κ2) is 7.13. The van der Waals surface area contributed by atoms with Crippen molar-refractivity contribution in [2.75, 3.05) is 4.72 Å². The third-order valence-electron chi connectivity index (χ3n) is 4.44. The van der Waals surface area contributed by atoms with Crippen LogP contribution in [-0.4, -0.2) is 19.5 Å². The predicted molar refractivity (Wildman–Crippen MR) is 109 cm³/mol.